The molecule has 0 rings (SSSR count). The van der Waals surface area contributed by atoms with Crippen molar-refractivity contribution in [1.82, 2.24) is 0 Å². The molecule has 0 aliphatic carbocycles. The van der Waals surface area contributed by atoms with E-state index in [9.17, 15) is 22.1 Å². The third-order valence-corrected chi connectivity index (χ3v) is 1.30. The first-order chi connectivity index (χ1) is 8.61. The molecule has 0 N–H and O–H groups in total. The summed E-state index contributed by atoms with van der Waals surface area (Å²) < 4.78 is 50.8. The summed E-state index contributed by atoms with van der Waals surface area (Å²) in [5.74, 6) is -0.185. The van der Waals surface area contributed by atoms with Gasteiger partial charge < -0.3 is 26.7 Å². The molecule has 0 heterocycles. The molecule has 0 spiro atoms. The first-order valence-electron chi connectivity index (χ1n) is 5.50. The fraction of sp³-hybridized carbons (Fsp3) is 0.600. The second-order valence-electron chi connectivity index (χ2n) is 3.29. The SMILES string of the molecule is CCOC(=O)C(=CC=[N+](C)C)OCC.F[B-](F)(F)F. The first-order valence-corrected chi connectivity index (χ1v) is 5.50. The molecule has 0 saturated carbocycles. The molecule has 0 atom stereocenters. The second kappa shape index (κ2) is 10.4. The summed E-state index contributed by atoms with van der Waals surface area (Å²) in [6.07, 6.45) is 3.34. The number of hydrogen-bond donors (Lipinski definition) is 0. The lowest BCUT2D eigenvalue weighted by atomic mass is 10.3. The average molecular weight is 287 g/mol. The number of halogens is 4. The summed E-state index contributed by atoms with van der Waals surface area (Å²) in [4.78, 5) is 11.3. The van der Waals surface area contributed by atoms with Crippen LogP contribution in [0.2, 0.25) is 0 Å². The van der Waals surface area contributed by atoms with Gasteiger partial charge in [-0.05, 0) is 13.8 Å². The van der Waals surface area contributed by atoms with Gasteiger partial charge in [-0.15, -0.1) is 0 Å². The van der Waals surface area contributed by atoms with Crippen molar-refractivity contribution in [2.75, 3.05) is 27.3 Å². The van der Waals surface area contributed by atoms with E-state index in [0.717, 1.165) is 0 Å². The second-order valence-corrected chi connectivity index (χ2v) is 3.29. The van der Waals surface area contributed by atoms with Gasteiger partial charge in [0, 0.05) is 0 Å². The minimum absolute atomic E-state index is 0.239. The van der Waals surface area contributed by atoms with E-state index in [4.69, 9.17) is 9.47 Å². The number of rotatable bonds is 5. The van der Waals surface area contributed by atoms with Gasteiger partial charge in [-0.3, -0.25) is 0 Å². The predicted molar refractivity (Wildman–Crippen MR) is 64.7 cm³/mol. The van der Waals surface area contributed by atoms with Gasteiger partial charge in [0.15, 0.2) is 6.21 Å². The molecule has 0 aromatic carbocycles. The zero-order chi connectivity index (χ0) is 15.5. The van der Waals surface area contributed by atoms with Gasteiger partial charge in [-0.2, -0.15) is 0 Å². The van der Waals surface area contributed by atoms with Crippen LogP contribution in [0, 0.1) is 0 Å². The molecule has 0 aliphatic heterocycles. The molecule has 0 bridgehead atoms. The smallest absolute Gasteiger partial charge is 0.487 e. The van der Waals surface area contributed by atoms with Gasteiger partial charge in [0.1, 0.15) is 14.1 Å². The molecule has 0 aromatic heterocycles. The Morgan fingerprint density at radius 2 is 1.53 bits per heavy atom. The van der Waals surface area contributed by atoms with Crippen LogP contribution in [0.3, 0.4) is 0 Å². The van der Waals surface area contributed by atoms with Gasteiger partial charge in [-0.25, -0.2) is 9.37 Å². The highest BCUT2D eigenvalue weighted by atomic mass is 19.5. The number of ether oxygens (including phenoxy) is 2. The molecule has 4 nitrogen and oxygen atoms in total. The van der Waals surface area contributed by atoms with Crippen molar-refractivity contribution in [2.24, 2.45) is 0 Å². The maximum absolute atomic E-state index is 11.3. The molecular weight excluding hydrogens is 269 g/mol. The predicted octanol–water partition coefficient (Wildman–Crippen LogP) is 2.11. The lowest BCUT2D eigenvalue weighted by molar-refractivity contribution is -0.458. The Morgan fingerprint density at radius 1 is 1.11 bits per heavy atom. The van der Waals surface area contributed by atoms with E-state index in [-0.39, 0.29) is 5.76 Å². The van der Waals surface area contributed by atoms with Crippen LogP contribution < -0.4 is 0 Å². The van der Waals surface area contributed by atoms with E-state index >= 15 is 0 Å². The van der Waals surface area contributed by atoms with Crippen molar-refractivity contribution in [2.45, 2.75) is 13.8 Å². The monoisotopic (exact) mass is 287 g/mol. The fourth-order valence-corrected chi connectivity index (χ4v) is 0.750. The normalized spacial score (nSPS) is 11.1. The summed E-state index contributed by atoms with van der Waals surface area (Å²) in [5, 5.41) is 0. The maximum atomic E-state index is 11.3. The van der Waals surface area contributed by atoms with Gasteiger partial charge >= 0.3 is 13.2 Å². The third-order valence-electron chi connectivity index (χ3n) is 1.30. The van der Waals surface area contributed by atoms with Crippen molar-refractivity contribution in [3.63, 3.8) is 0 Å². The molecule has 0 saturated heterocycles. The molecule has 19 heavy (non-hydrogen) atoms. The van der Waals surface area contributed by atoms with Crippen molar-refractivity contribution in [1.29, 1.82) is 0 Å². The summed E-state index contributed by atoms with van der Waals surface area (Å²) in [7, 11) is -2.27. The Labute approximate surface area is 109 Å². The molecule has 9 heteroatoms. The Hall–Kier alpha value is -1.54. The number of carbonyl (C=O) groups is 1. The largest absolute Gasteiger partial charge is 0.673 e. The van der Waals surface area contributed by atoms with Crippen LogP contribution in [0.5, 0.6) is 0 Å². The molecule has 0 aliphatic rings. The molecule has 0 radical (unpaired) electrons. The molecule has 0 fully saturated rings. The third kappa shape index (κ3) is 19.0. The minimum Gasteiger partial charge on any atom is -0.487 e. The summed E-state index contributed by atoms with van der Waals surface area (Å²) in [5.41, 5.74) is 0. The van der Waals surface area contributed by atoms with Crippen LogP contribution >= 0.6 is 0 Å². The Kier molecular flexibility index (Phi) is 10.8. The Bertz CT molecular complexity index is 319. The van der Waals surface area contributed by atoms with E-state index in [0.29, 0.717) is 13.2 Å². The highest BCUT2D eigenvalue weighted by molar-refractivity contribution is 6.50. The fourth-order valence-electron chi connectivity index (χ4n) is 0.750. The van der Waals surface area contributed by atoms with Crippen molar-refractivity contribution in [3.8, 4) is 0 Å². The molecular formula is C10H18BF4NO3. The molecule has 112 valence electrons. The van der Waals surface area contributed by atoms with Crippen LogP contribution in [0.25, 0.3) is 0 Å². The van der Waals surface area contributed by atoms with Gasteiger partial charge in [0.05, 0.1) is 19.3 Å². The summed E-state index contributed by atoms with van der Waals surface area (Å²) in [6.45, 7) is 4.39. The maximum Gasteiger partial charge on any atom is 0.673 e. The van der Waals surface area contributed by atoms with Gasteiger partial charge in [0.2, 0.25) is 5.76 Å². The van der Waals surface area contributed by atoms with Crippen LogP contribution in [-0.2, 0) is 14.3 Å². The lowest BCUT2D eigenvalue weighted by Crippen LogP contribution is -2.11. The van der Waals surface area contributed by atoms with E-state index in [1.54, 1.807) is 19.2 Å². The Balaban J connectivity index is 0. The number of esters is 1. The summed E-state index contributed by atoms with van der Waals surface area (Å²) >= 11 is 0. The van der Waals surface area contributed by atoms with Gasteiger partial charge in [0.25, 0.3) is 0 Å². The van der Waals surface area contributed by atoms with Crippen LogP contribution in [0.15, 0.2) is 11.8 Å². The van der Waals surface area contributed by atoms with E-state index < -0.39 is 13.2 Å². The van der Waals surface area contributed by atoms with E-state index in [2.05, 4.69) is 0 Å². The zero-order valence-electron chi connectivity index (χ0n) is 11.3. The number of nitrogens with zero attached hydrogens (tertiary/aromatic N) is 1. The quantitative estimate of drug-likeness (QED) is 0.148. The number of allylic oxidation sites excluding steroid dienone is 1. The lowest BCUT2D eigenvalue weighted by Gasteiger charge is -2.05. The van der Waals surface area contributed by atoms with Crippen molar-refractivity contribution >= 4 is 19.4 Å². The molecule has 0 unspecified atom stereocenters. The zero-order valence-corrected chi connectivity index (χ0v) is 11.3. The molecule has 0 amide bonds. The highest BCUT2D eigenvalue weighted by Gasteiger charge is 2.20. The average Bonchev–Trinajstić information content (AvgIpc) is 2.21. The highest BCUT2D eigenvalue weighted by Crippen LogP contribution is 2.06. The van der Waals surface area contributed by atoms with Crippen molar-refractivity contribution < 1.29 is 36.1 Å². The minimum atomic E-state index is -6.00. The van der Waals surface area contributed by atoms with Gasteiger partial charge in [-0.1, -0.05) is 0 Å². The van der Waals surface area contributed by atoms with E-state index in [1.165, 1.54) is 0 Å². The first kappa shape index (κ1) is 19.8. The van der Waals surface area contributed by atoms with E-state index in [1.807, 2.05) is 25.6 Å². The summed E-state index contributed by atoms with van der Waals surface area (Å²) in [6, 6.07) is 0. The number of hydrogen-bond acceptors (Lipinski definition) is 3. The Morgan fingerprint density at radius 3 is 1.84 bits per heavy atom. The molecule has 0 aromatic rings. The van der Waals surface area contributed by atoms with Crippen LogP contribution in [0.4, 0.5) is 17.3 Å². The van der Waals surface area contributed by atoms with Crippen LogP contribution in [0.1, 0.15) is 13.8 Å². The number of carbonyl (C=O) groups excluding carboxylic acids is 1. The van der Waals surface area contributed by atoms with Crippen molar-refractivity contribution in [3.05, 3.63) is 11.8 Å². The topological polar surface area (TPSA) is 38.5 Å². The van der Waals surface area contributed by atoms with Crippen LogP contribution in [-0.4, -0.2) is 51.3 Å². The standard InChI is InChI=1S/C10H18NO3.BF4/c1-5-13-9(7-8-11(3)4)10(12)14-6-2;2-1(3,4)5/h7-8H,5-6H2,1-4H3;/q+1;-1.